The maximum atomic E-state index is 11.8. The van der Waals surface area contributed by atoms with Gasteiger partial charge in [-0.15, -0.1) is 0 Å². The Hall–Kier alpha value is -1.55. The number of hydrogen-bond acceptors (Lipinski definition) is 4. The van der Waals surface area contributed by atoms with Crippen molar-refractivity contribution >= 4 is 15.7 Å². The molecule has 0 heterocycles. The van der Waals surface area contributed by atoms with E-state index in [0.29, 0.717) is 24.3 Å². The van der Waals surface area contributed by atoms with Crippen LogP contribution in [0.3, 0.4) is 0 Å². The second kappa shape index (κ2) is 7.90. The topological polar surface area (TPSA) is 75.6 Å². The fourth-order valence-electron chi connectivity index (χ4n) is 1.58. The number of rotatable bonds is 6. The molecule has 1 aromatic rings. The molecule has 2 N–H and O–H groups in total. The largest absolute Gasteiger partial charge is 0.385 e. The minimum atomic E-state index is -3.38. The summed E-state index contributed by atoms with van der Waals surface area (Å²) in [5.74, 6) is 5.34. The average Bonchev–Trinajstić information content (AvgIpc) is 2.39. The first kappa shape index (κ1) is 16.5. The zero-order chi connectivity index (χ0) is 15.0. The molecule has 0 fully saturated rings. The molecule has 0 aromatic heterocycles. The summed E-state index contributed by atoms with van der Waals surface area (Å²) in [6.45, 7) is 2.05. The highest BCUT2D eigenvalue weighted by atomic mass is 32.2. The van der Waals surface area contributed by atoms with Crippen LogP contribution in [0.15, 0.2) is 18.2 Å². The van der Waals surface area contributed by atoms with Gasteiger partial charge < -0.3 is 9.84 Å². The maximum Gasteiger partial charge on any atom is 0.232 e. The quantitative estimate of drug-likeness (QED) is 0.609. The van der Waals surface area contributed by atoms with Crippen LogP contribution in [0.1, 0.15) is 17.5 Å². The van der Waals surface area contributed by atoms with Crippen molar-refractivity contribution < 1.29 is 18.3 Å². The van der Waals surface area contributed by atoms with Gasteiger partial charge in [-0.2, -0.15) is 0 Å². The Balaban J connectivity index is 2.82. The first-order valence-corrected chi connectivity index (χ1v) is 7.83. The molecule has 0 saturated carbocycles. The fraction of sp³-hybridized carbons (Fsp3) is 0.429. The van der Waals surface area contributed by atoms with Crippen molar-refractivity contribution in [2.24, 2.45) is 0 Å². The van der Waals surface area contributed by atoms with Gasteiger partial charge in [-0.05, 0) is 31.0 Å². The number of hydrogen-bond donors (Lipinski definition) is 2. The van der Waals surface area contributed by atoms with Crippen LogP contribution in [0.5, 0.6) is 0 Å². The van der Waals surface area contributed by atoms with Crippen LogP contribution < -0.4 is 4.72 Å². The van der Waals surface area contributed by atoms with E-state index in [-0.39, 0.29) is 12.4 Å². The Morgan fingerprint density at radius 3 is 2.80 bits per heavy atom. The number of anilines is 1. The zero-order valence-electron chi connectivity index (χ0n) is 11.6. The number of aliphatic hydroxyl groups excluding tert-OH is 1. The van der Waals surface area contributed by atoms with Crippen molar-refractivity contribution in [3.63, 3.8) is 0 Å². The van der Waals surface area contributed by atoms with Crippen LogP contribution >= 0.6 is 0 Å². The number of aryl methyl sites for hydroxylation is 1. The molecule has 0 aliphatic rings. The van der Waals surface area contributed by atoms with E-state index in [9.17, 15) is 8.42 Å². The normalized spacial score (nSPS) is 10.8. The molecular formula is C14H19NO4S. The fourth-order valence-corrected chi connectivity index (χ4v) is 2.66. The van der Waals surface area contributed by atoms with Crippen molar-refractivity contribution in [1.82, 2.24) is 0 Å². The predicted octanol–water partition coefficient (Wildman–Crippen LogP) is 1.12. The first-order chi connectivity index (χ1) is 9.48. The van der Waals surface area contributed by atoms with E-state index in [1.54, 1.807) is 18.2 Å². The minimum absolute atomic E-state index is 0.00632. The van der Waals surface area contributed by atoms with E-state index in [2.05, 4.69) is 16.6 Å². The van der Waals surface area contributed by atoms with Gasteiger partial charge in [-0.3, -0.25) is 4.72 Å². The van der Waals surface area contributed by atoms with Gasteiger partial charge >= 0.3 is 0 Å². The van der Waals surface area contributed by atoms with E-state index >= 15 is 0 Å². The minimum Gasteiger partial charge on any atom is -0.385 e. The lowest BCUT2D eigenvalue weighted by Crippen LogP contribution is -2.17. The lowest BCUT2D eigenvalue weighted by Gasteiger charge is -2.09. The third-order valence-corrected chi connectivity index (χ3v) is 3.95. The number of methoxy groups -OCH3 is 1. The smallest absolute Gasteiger partial charge is 0.232 e. The molecule has 0 spiro atoms. The van der Waals surface area contributed by atoms with Crippen LogP contribution in [0.2, 0.25) is 0 Å². The molecule has 110 valence electrons. The Labute approximate surface area is 120 Å². The lowest BCUT2D eigenvalue weighted by atomic mass is 10.1. The van der Waals surface area contributed by atoms with Crippen molar-refractivity contribution in [2.75, 3.05) is 30.8 Å². The van der Waals surface area contributed by atoms with Gasteiger partial charge in [0.25, 0.3) is 0 Å². The molecule has 5 nitrogen and oxygen atoms in total. The molecule has 0 aliphatic heterocycles. The second-order valence-electron chi connectivity index (χ2n) is 4.26. The molecule has 0 saturated heterocycles. The van der Waals surface area contributed by atoms with Crippen LogP contribution in [0.4, 0.5) is 5.69 Å². The summed E-state index contributed by atoms with van der Waals surface area (Å²) in [7, 11) is -1.85. The molecule has 0 amide bonds. The summed E-state index contributed by atoms with van der Waals surface area (Å²) in [5.41, 5.74) is 2.08. The van der Waals surface area contributed by atoms with Gasteiger partial charge in [0.2, 0.25) is 10.0 Å². The lowest BCUT2D eigenvalue weighted by molar-refractivity contribution is 0.199. The van der Waals surface area contributed by atoms with Gasteiger partial charge in [0.05, 0.1) is 5.75 Å². The Morgan fingerprint density at radius 1 is 1.40 bits per heavy atom. The highest BCUT2D eigenvalue weighted by Crippen LogP contribution is 2.16. The van der Waals surface area contributed by atoms with Crippen molar-refractivity contribution in [3.05, 3.63) is 29.3 Å². The Morgan fingerprint density at radius 2 is 2.15 bits per heavy atom. The summed E-state index contributed by atoms with van der Waals surface area (Å²) in [4.78, 5) is 0. The number of sulfonamides is 1. The van der Waals surface area contributed by atoms with Gasteiger partial charge in [0, 0.05) is 25.0 Å². The van der Waals surface area contributed by atoms with Crippen molar-refractivity contribution in [1.29, 1.82) is 0 Å². The van der Waals surface area contributed by atoms with Crippen LogP contribution in [-0.4, -0.2) is 39.6 Å². The molecule has 20 heavy (non-hydrogen) atoms. The summed E-state index contributed by atoms with van der Waals surface area (Å²) in [6.07, 6.45) is 0.439. The molecule has 0 aliphatic carbocycles. The Kier molecular flexibility index (Phi) is 6.52. The SMILES string of the molecule is COCCCS(=O)(=O)Nc1ccc(C)c(C#CCO)c1. The average molecular weight is 297 g/mol. The number of benzene rings is 1. The van der Waals surface area contributed by atoms with Gasteiger partial charge in [-0.25, -0.2) is 8.42 Å². The maximum absolute atomic E-state index is 11.8. The number of nitrogens with one attached hydrogen (secondary N) is 1. The zero-order valence-corrected chi connectivity index (χ0v) is 12.5. The first-order valence-electron chi connectivity index (χ1n) is 6.18. The molecule has 1 rings (SSSR count). The van der Waals surface area contributed by atoms with E-state index in [1.807, 2.05) is 6.92 Å². The second-order valence-corrected chi connectivity index (χ2v) is 6.10. The Bertz CT molecular complexity index is 599. The van der Waals surface area contributed by atoms with Gasteiger partial charge in [-0.1, -0.05) is 17.9 Å². The van der Waals surface area contributed by atoms with Crippen LogP contribution in [-0.2, 0) is 14.8 Å². The van der Waals surface area contributed by atoms with Crippen LogP contribution in [0.25, 0.3) is 0 Å². The van der Waals surface area contributed by atoms with Crippen molar-refractivity contribution in [2.45, 2.75) is 13.3 Å². The summed E-state index contributed by atoms with van der Waals surface area (Å²) in [5, 5.41) is 8.70. The van der Waals surface area contributed by atoms with Crippen LogP contribution in [0, 0.1) is 18.8 Å². The highest BCUT2D eigenvalue weighted by molar-refractivity contribution is 7.92. The molecule has 1 aromatic carbocycles. The van der Waals surface area contributed by atoms with Gasteiger partial charge in [0.15, 0.2) is 0 Å². The molecule has 0 unspecified atom stereocenters. The standard InChI is InChI=1S/C14H19NO4S/c1-12-6-7-14(11-13(12)5-3-8-16)15-20(17,18)10-4-9-19-2/h6-7,11,15-16H,4,8-10H2,1-2H3. The number of ether oxygens (including phenoxy) is 1. The van der Waals surface area contributed by atoms with Gasteiger partial charge in [0.1, 0.15) is 6.61 Å². The molecule has 0 bridgehead atoms. The third-order valence-electron chi connectivity index (χ3n) is 2.57. The van der Waals surface area contributed by atoms with E-state index in [0.717, 1.165) is 5.56 Å². The van der Waals surface area contributed by atoms with E-state index in [4.69, 9.17) is 9.84 Å². The predicted molar refractivity (Wildman–Crippen MR) is 79.0 cm³/mol. The third kappa shape index (κ3) is 5.61. The summed E-state index contributed by atoms with van der Waals surface area (Å²) in [6, 6.07) is 5.13. The monoisotopic (exact) mass is 297 g/mol. The van der Waals surface area contributed by atoms with E-state index in [1.165, 1.54) is 7.11 Å². The number of aliphatic hydroxyl groups is 1. The molecule has 6 heteroatoms. The van der Waals surface area contributed by atoms with E-state index < -0.39 is 10.0 Å². The molecule has 0 atom stereocenters. The summed E-state index contributed by atoms with van der Waals surface area (Å²) >= 11 is 0. The molecular weight excluding hydrogens is 278 g/mol. The summed E-state index contributed by atoms with van der Waals surface area (Å²) < 4.78 is 31.0. The highest BCUT2D eigenvalue weighted by Gasteiger charge is 2.10. The molecule has 0 radical (unpaired) electrons. The van der Waals surface area contributed by atoms with Crippen molar-refractivity contribution in [3.8, 4) is 11.8 Å².